The Kier molecular flexibility index (Phi) is 6.72. The molecule has 0 aliphatic carbocycles. The number of hydrogen-bond donors (Lipinski definition) is 1. The Morgan fingerprint density at radius 2 is 1.93 bits per heavy atom. The average molecular weight is 428 g/mol. The van der Waals surface area contributed by atoms with Gasteiger partial charge in [0.2, 0.25) is 15.9 Å². The highest BCUT2D eigenvalue weighted by atomic mass is 35.5. The van der Waals surface area contributed by atoms with Gasteiger partial charge in [-0.25, -0.2) is 8.42 Å². The number of nitrogens with zero attached hydrogens (tertiary/aromatic N) is 4. The molecule has 2 aliphatic rings. The largest absolute Gasteiger partial charge is 0.337 e. The van der Waals surface area contributed by atoms with Crippen LogP contribution in [0, 0.1) is 0 Å². The van der Waals surface area contributed by atoms with E-state index in [9.17, 15) is 8.42 Å². The molecule has 3 heterocycles. The molecule has 0 spiro atoms. The number of piperidine rings is 1. The van der Waals surface area contributed by atoms with E-state index in [1.54, 1.807) is 24.3 Å². The van der Waals surface area contributed by atoms with Gasteiger partial charge in [0.05, 0.1) is 10.9 Å². The highest BCUT2D eigenvalue weighted by Crippen LogP contribution is 2.35. The Hall–Kier alpha value is -1.52. The Balaban J connectivity index is 0.00000225. The molecule has 4 rings (SSSR count). The molecule has 0 radical (unpaired) electrons. The first-order valence-electron chi connectivity index (χ1n) is 9.39. The number of benzene rings is 1. The van der Waals surface area contributed by atoms with Gasteiger partial charge in [0, 0.05) is 26.2 Å². The van der Waals surface area contributed by atoms with Gasteiger partial charge in [-0.1, -0.05) is 29.8 Å². The minimum absolute atomic E-state index is 0. The molecule has 2 aromatic rings. The number of sulfonamides is 1. The second-order valence-electron chi connectivity index (χ2n) is 7.13. The molecule has 2 aliphatic heterocycles. The summed E-state index contributed by atoms with van der Waals surface area (Å²) in [5.74, 6) is 1.01. The highest BCUT2D eigenvalue weighted by Gasteiger charge is 2.38. The normalized spacial score (nSPS) is 24.6. The quantitative estimate of drug-likeness (QED) is 0.797. The number of nitrogens with one attached hydrogen (secondary N) is 1. The molecule has 1 N–H and O–H groups in total. The maximum absolute atomic E-state index is 13.1. The number of likely N-dealkylation sites (N-methyl/N-ethyl adjacent to an activating group) is 1. The average Bonchev–Trinajstić information content (AvgIpc) is 3.19. The van der Waals surface area contributed by atoms with Gasteiger partial charge < -0.3 is 9.84 Å². The van der Waals surface area contributed by atoms with Crippen molar-refractivity contribution in [2.24, 2.45) is 0 Å². The molecular formula is C18H26ClN5O3S. The predicted molar refractivity (Wildman–Crippen MR) is 107 cm³/mol. The molecule has 2 unspecified atom stereocenters. The maximum atomic E-state index is 13.1. The molecule has 1 aromatic heterocycles. The lowest BCUT2D eigenvalue weighted by atomic mass is 10.1. The molecule has 2 fully saturated rings. The lowest BCUT2D eigenvalue weighted by molar-refractivity contribution is 0.187. The molecule has 0 amide bonds. The smallest absolute Gasteiger partial charge is 0.245 e. The second-order valence-corrected chi connectivity index (χ2v) is 9.02. The summed E-state index contributed by atoms with van der Waals surface area (Å²) in [5, 5.41) is 7.50. The summed E-state index contributed by atoms with van der Waals surface area (Å²) in [7, 11) is -1.57. The van der Waals surface area contributed by atoms with Crippen molar-refractivity contribution < 1.29 is 12.9 Å². The third-order valence-electron chi connectivity index (χ3n) is 5.36. The summed E-state index contributed by atoms with van der Waals surface area (Å²) in [5.41, 5.74) is 0. The zero-order valence-electron chi connectivity index (χ0n) is 15.8. The van der Waals surface area contributed by atoms with Crippen LogP contribution in [0.5, 0.6) is 0 Å². The van der Waals surface area contributed by atoms with Crippen LogP contribution in [0.15, 0.2) is 39.8 Å². The fourth-order valence-corrected chi connectivity index (χ4v) is 5.45. The van der Waals surface area contributed by atoms with E-state index in [0.717, 1.165) is 32.5 Å². The van der Waals surface area contributed by atoms with Crippen molar-refractivity contribution in [3.63, 3.8) is 0 Å². The van der Waals surface area contributed by atoms with Crippen molar-refractivity contribution in [3.8, 4) is 0 Å². The molecule has 10 heteroatoms. The minimum atomic E-state index is -3.60. The summed E-state index contributed by atoms with van der Waals surface area (Å²) in [6, 6.07) is 8.17. The number of halogens is 1. The lowest BCUT2D eigenvalue weighted by Crippen LogP contribution is -2.44. The maximum Gasteiger partial charge on any atom is 0.245 e. The summed E-state index contributed by atoms with van der Waals surface area (Å²) in [6.07, 6.45) is 2.46. The minimum Gasteiger partial charge on any atom is -0.337 e. The first-order chi connectivity index (χ1) is 13.1. The second kappa shape index (κ2) is 8.87. The number of rotatable bonds is 4. The van der Waals surface area contributed by atoms with E-state index in [0.29, 0.717) is 29.6 Å². The first-order valence-corrected chi connectivity index (χ1v) is 10.8. The Bertz CT molecular complexity index is 876. The number of aromatic nitrogens is 2. The summed E-state index contributed by atoms with van der Waals surface area (Å²) < 4.78 is 33.4. The van der Waals surface area contributed by atoms with Gasteiger partial charge in [-0.15, -0.1) is 12.4 Å². The summed E-state index contributed by atoms with van der Waals surface area (Å²) in [6.45, 7) is 3.06. The van der Waals surface area contributed by atoms with Crippen molar-refractivity contribution in [1.29, 1.82) is 0 Å². The zero-order chi connectivity index (χ0) is 18.9. The molecule has 0 bridgehead atoms. The van der Waals surface area contributed by atoms with Crippen LogP contribution in [0.3, 0.4) is 0 Å². The van der Waals surface area contributed by atoms with E-state index in [-0.39, 0.29) is 18.4 Å². The highest BCUT2D eigenvalue weighted by molar-refractivity contribution is 7.89. The SMILES string of the molecule is CN1CCNCC1c1noc(C2CCCCN2S(=O)(=O)c2ccccc2)n1.Cl. The molecule has 0 saturated carbocycles. The standard InChI is InChI=1S/C18H25N5O3S.ClH/c1-22-12-10-19-13-16(22)17-20-18(26-21-17)15-9-5-6-11-23(15)27(24,25)14-7-3-2-4-8-14;/h2-4,7-8,15-16,19H,5-6,9-13H2,1H3;1H. The van der Waals surface area contributed by atoms with Crippen LogP contribution < -0.4 is 5.32 Å². The van der Waals surface area contributed by atoms with E-state index in [1.165, 1.54) is 4.31 Å². The van der Waals surface area contributed by atoms with Crippen LogP contribution in [0.25, 0.3) is 0 Å². The van der Waals surface area contributed by atoms with Crippen LogP contribution in [-0.2, 0) is 10.0 Å². The van der Waals surface area contributed by atoms with Gasteiger partial charge >= 0.3 is 0 Å². The van der Waals surface area contributed by atoms with Crippen molar-refractivity contribution in [2.75, 3.05) is 33.2 Å². The van der Waals surface area contributed by atoms with E-state index in [4.69, 9.17) is 4.52 Å². The van der Waals surface area contributed by atoms with Crippen LogP contribution in [0.4, 0.5) is 0 Å². The van der Waals surface area contributed by atoms with E-state index >= 15 is 0 Å². The van der Waals surface area contributed by atoms with E-state index in [2.05, 4.69) is 20.4 Å². The van der Waals surface area contributed by atoms with Crippen molar-refractivity contribution in [3.05, 3.63) is 42.0 Å². The van der Waals surface area contributed by atoms with Gasteiger partial charge in [0.1, 0.15) is 6.04 Å². The summed E-state index contributed by atoms with van der Waals surface area (Å²) in [4.78, 5) is 7.08. The van der Waals surface area contributed by atoms with Crippen LogP contribution in [0.2, 0.25) is 0 Å². The van der Waals surface area contributed by atoms with Crippen molar-refractivity contribution in [1.82, 2.24) is 24.7 Å². The molecule has 28 heavy (non-hydrogen) atoms. The van der Waals surface area contributed by atoms with Crippen LogP contribution >= 0.6 is 12.4 Å². The molecule has 154 valence electrons. The zero-order valence-corrected chi connectivity index (χ0v) is 17.5. The van der Waals surface area contributed by atoms with Gasteiger partial charge in [-0.05, 0) is 32.0 Å². The van der Waals surface area contributed by atoms with Gasteiger partial charge in [0.15, 0.2) is 5.82 Å². The van der Waals surface area contributed by atoms with Gasteiger partial charge in [-0.2, -0.15) is 9.29 Å². The van der Waals surface area contributed by atoms with Crippen molar-refractivity contribution >= 4 is 22.4 Å². The molecule has 1 aromatic carbocycles. The first kappa shape index (κ1) is 21.2. The Labute approximate surface area is 171 Å². The van der Waals surface area contributed by atoms with Crippen LogP contribution in [-0.4, -0.2) is 61.0 Å². The van der Waals surface area contributed by atoms with Crippen LogP contribution in [0.1, 0.15) is 43.1 Å². The molecule has 2 atom stereocenters. The van der Waals surface area contributed by atoms with Gasteiger partial charge in [0.25, 0.3) is 0 Å². The van der Waals surface area contributed by atoms with Gasteiger partial charge in [-0.3, -0.25) is 4.90 Å². The topological polar surface area (TPSA) is 91.6 Å². The fraction of sp³-hybridized carbons (Fsp3) is 0.556. The summed E-state index contributed by atoms with van der Waals surface area (Å²) >= 11 is 0. The third-order valence-corrected chi connectivity index (χ3v) is 7.28. The lowest BCUT2D eigenvalue weighted by Gasteiger charge is -2.32. The monoisotopic (exact) mass is 427 g/mol. The Morgan fingerprint density at radius 1 is 1.14 bits per heavy atom. The van der Waals surface area contributed by atoms with Crippen molar-refractivity contribution in [2.45, 2.75) is 36.2 Å². The van der Waals surface area contributed by atoms with E-state index < -0.39 is 16.1 Å². The molecule has 2 saturated heterocycles. The number of hydrogen-bond acceptors (Lipinski definition) is 7. The molecular weight excluding hydrogens is 402 g/mol. The number of piperazine rings is 1. The van der Waals surface area contributed by atoms with E-state index in [1.807, 2.05) is 13.1 Å². The molecule has 8 nitrogen and oxygen atoms in total. The predicted octanol–water partition coefficient (Wildman–Crippen LogP) is 1.98. The third kappa shape index (κ3) is 4.08. The fourth-order valence-electron chi connectivity index (χ4n) is 3.78. The Morgan fingerprint density at radius 3 is 2.68 bits per heavy atom.